The molecule has 0 atom stereocenters. The molecule has 0 aliphatic heterocycles. The molecule has 1 amide bonds. The summed E-state index contributed by atoms with van der Waals surface area (Å²) in [5, 5.41) is 8.03. The van der Waals surface area contributed by atoms with E-state index in [2.05, 4.69) is 10.4 Å². The molecular formula is C28H35N5O4S2. The molecule has 0 fully saturated rings. The van der Waals surface area contributed by atoms with Gasteiger partial charge in [-0.3, -0.25) is 4.79 Å². The molecular weight excluding hydrogens is 534 g/mol. The molecule has 2 heterocycles. The Bertz CT molecular complexity index is 1550. The monoisotopic (exact) mass is 569 g/mol. The lowest BCUT2D eigenvalue weighted by atomic mass is 10.2. The Morgan fingerprint density at radius 2 is 1.74 bits per heavy atom. The number of amides is 1. The third-order valence-corrected chi connectivity index (χ3v) is 8.66. The zero-order valence-corrected chi connectivity index (χ0v) is 24.8. The average Bonchev–Trinajstić information content (AvgIpc) is 3.47. The molecule has 2 aromatic carbocycles. The van der Waals surface area contributed by atoms with Crippen LogP contribution in [0.25, 0.3) is 15.3 Å². The number of thiazole rings is 1. The highest BCUT2D eigenvalue weighted by Gasteiger charge is 2.26. The van der Waals surface area contributed by atoms with E-state index in [0.717, 1.165) is 10.2 Å². The maximum absolute atomic E-state index is 13.3. The molecule has 9 nitrogen and oxygen atoms in total. The Morgan fingerprint density at radius 1 is 1.08 bits per heavy atom. The van der Waals surface area contributed by atoms with Gasteiger partial charge >= 0.3 is 0 Å². The molecule has 0 aliphatic carbocycles. The van der Waals surface area contributed by atoms with E-state index in [-0.39, 0.29) is 22.6 Å². The first-order valence-electron chi connectivity index (χ1n) is 13.0. The Labute approximate surface area is 233 Å². The van der Waals surface area contributed by atoms with E-state index in [0.29, 0.717) is 47.7 Å². The minimum absolute atomic E-state index is 0.167. The van der Waals surface area contributed by atoms with E-state index < -0.39 is 10.0 Å². The molecule has 1 N–H and O–H groups in total. The van der Waals surface area contributed by atoms with Gasteiger partial charge in [0, 0.05) is 24.7 Å². The van der Waals surface area contributed by atoms with Crippen LogP contribution in [0.15, 0.2) is 53.4 Å². The lowest BCUT2D eigenvalue weighted by molar-refractivity contribution is 0.102. The zero-order chi connectivity index (χ0) is 28.3. The summed E-state index contributed by atoms with van der Waals surface area (Å²) in [6, 6.07) is 13.6. The van der Waals surface area contributed by atoms with Crippen molar-refractivity contribution < 1.29 is 17.9 Å². The number of nitrogens with zero attached hydrogens (tertiary/aromatic N) is 4. The fourth-order valence-corrected chi connectivity index (χ4v) is 6.93. The quantitative estimate of drug-likeness (QED) is 0.247. The normalized spacial score (nSPS) is 12.1. The van der Waals surface area contributed by atoms with Gasteiger partial charge in [0.1, 0.15) is 17.1 Å². The Kier molecular flexibility index (Phi) is 8.73. The third kappa shape index (κ3) is 6.48. The Morgan fingerprint density at radius 3 is 2.36 bits per heavy atom. The highest BCUT2D eigenvalue weighted by Crippen LogP contribution is 2.33. The van der Waals surface area contributed by atoms with Gasteiger partial charge in [-0.15, -0.1) is 0 Å². The predicted molar refractivity (Wildman–Crippen MR) is 155 cm³/mol. The minimum Gasteiger partial charge on any atom is -0.492 e. The number of rotatable bonds is 11. The SMILES string of the molecule is CCOc1cccc2sc(-n3nc(C)cc3NC(=O)c3ccc(S(=O)(=O)N(CC(C)C)CC(C)C)cc3)nc12. The van der Waals surface area contributed by atoms with Crippen molar-refractivity contribution in [3.63, 3.8) is 0 Å². The molecule has 0 bridgehead atoms. The first-order chi connectivity index (χ1) is 18.5. The van der Waals surface area contributed by atoms with Crippen molar-refractivity contribution in [3.8, 4) is 10.9 Å². The second-order valence-corrected chi connectivity index (χ2v) is 13.2. The standard InChI is InChI=1S/C28H35N5O4S2/c1-7-37-23-9-8-10-24-26(23)30-28(38-24)33-25(15-20(6)31-33)29-27(34)21-11-13-22(14-12-21)39(35,36)32(16-18(2)3)17-19(4)5/h8-15,18-19H,7,16-17H2,1-6H3,(H,29,34). The van der Waals surface area contributed by atoms with Crippen LogP contribution in [0.4, 0.5) is 5.82 Å². The third-order valence-electron chi connectivity index (χ3n) is 5.82. The summed E-state index contributed by atoms with van der Waals surface area (Å²) in [5.41, 5.74) is 1.79. The number of benzene rings is 2. The number of ether oxygens (including phenoxy) is 1. The van der Waals surface area contributed by atoms with Crippen molar-refractivity contribution in [2.75, 3.05) is 25.0 Å². The number of para-hydroxylation sites is 1. The summed E-state index contributed by atoms with van der Waals surface area (Å²) in [6.07, 6.45) is 0. The molecule has 0 saturated heterocycles. The van der Waals surface area contributed by atoms with Gasteiger partial charge in [-0.2, -0.15) is 14.1 Å². The summed E-state index contributed by atoms with van der Waals surface area (Å²) in [6.45, 7) is 13.1. The van der Waals surface area contributed by atoms with Gasteiger partial charge in [-0.25, -0.2) is 13.4 Å². The van der Waals surface area contributed by atoms with Gasteiger partial charge in [-0.1, -0.05) is 45.1 Å². The minimum atomic E-state index is -3.68. The van der Waals surface area contributed by atoms with Gasteiger partial charge in [0.2, 0.25) is 15.2 Å². The highest BCUT2D eigenvalue weighted by atomic mass is 32.2. The van der Waals surface area contributed by atoms with Crippen LogP contribution in [0.1, 0.15) is 50.7 Å². The predicted octanol–water partition coefficient (Wildman–Crippen LogP) is 5.74. The number of aryl methyl sites for hydroxylation is 1. The molecule has 11 heteroatoms. The van der Waals surface area contributed by atoms with Gasteiger partial charge in [-0.05, 0) is 62.1 Å². The Balaban J connectivity index is 1.57. The van der Waals surface area contributed by atoms with E-state index in [1.165, 1.54) is 39.9 Å². The molecule has 0 radical (unpaired) electrons. The van der Waals surface area contributed by atoms with E-state index >= 15 is 0 Å². The number of nitrogens with one attached hydrogen (secondary N) is 1. The fraction of sp³-hybridized carbons (Fsp3) is 0.393. The molecule has 0 spiro atoms. The summed E-state index contributed by atoms with van der Waals surface area (Å²) >= 11 is 1.44. The molecule has 4 aromatic rings. The second-order valence-electron chi connectivity index (χ2n) is 10.2. The number of sulfonamides is 1. The van der Waals surface area contributed by atoms with Crippen LogP contribution in [-0.4, -0.2) is 53.1 Å². The van der Waals surface area contributed by atoms with Gasteiger partial charge in [0.25, 0.3) is 5.91 Å². The molecule has 0 unspecified atom stereocenters. The lowest BCUT2D eigenvalue weighted by Gasteiger charge is -2.25. The number of aromatic nitrogens is 3. The molecule has 2 aromatic heterocycles. The molecule has 0 aliphatic rings. The molecule has 0 saturated carbocycles. The number of fused-ring (bicyclic) bond motifs is 1. The lowest BCUT2D eigenvalue weighted by Crippen LogP contribution is -2.37. The van der Waals surface area contributed by atoms with Crippen molar-refractivity contribution in [1.82, 2.24) is 19.1 Å². The number of carbonyl (C=O) groups excluding carboxylic acids is 1. The fourth-order valence-electron chi connectivity index (χ4n) is 4.21. The van der Waals surface area contributed by atoms with E-state index in [4.69, 9.17) is 9.72 Å². The maximum atomic E-state index is 13.3. The average molecular weight is 570 g/mol. The molecule has 208 valence electrons. The van der Waals surface area contributed by atoms with Crippen molar-refractivity contribution in [1.29, 1.82) is 0 Å². The summed E-state index contributed by atoms with van der Waals surface area (Å²) in [5.74, 6) is 1.17. The van der Waals surface area contributed by atoms with Crippen molar-refractivity contribution in [3.05, 3.63) is 59.8 Å². The smallest absolute Gasteiger partial charge is 0.256 e. The number of hydrogen-bond acceptors (Lipinski definition) is 7. The number of carbonyl (C=O) groups is 1. The van der Waals surface area contributed by atoms with Crippen LogP contribution in [0.2, 0.25) is 0 Å². The highest BCUT2D eigenvalue weighted by molar-refractivity contribution is 7.89. The summed E-state index contributed by atoms with van der Waals surface area (Å²) < 4.78 is 36.4. The van der Waals surface area contributed by atoms with E-state index in [1.807, 2.05) is 59.7 Å². The topological polar surface area (TPSA) is 106 Å². The van der Waals surface area contributed by atoms with Crippen molar-refractivity contribution >= 4 is 43.3 Å². The first kappa shape index (κ1) is 28.7. The van der Waals surface area contributed by atoms with Crippen LogP contribution in [0, 0.1) is 18.8 Å². The van der Waals surface area contributed by atoms with E-state index in [1.54, 1.807) is 10.7 Å². The van der Waals surface area contributed by atoms with Gasteiger partial charge in [0.05, 0.1) is 21.9 Å². The van der Waals surface area contributed by atoms with Gasteiger partial charge in [0.15, 0.2) is 0 Å². The maximum Gasteiger partial charge on any atom is 0.256 e. The molecule has 4 rings (SSSR count). The van der Waals surface area contributed by atoms with Crippen LogP contribution in [0.3, 0.4) is 0 Å². The number of anilines is 1. The van der Waals surface area contributed by atoms with Gasteiger partial charge < -0.3 is 10.1 Å². The van der Waals surface area contributed by atoms with Crippen molar-refractivity contribution in [2.45, 2.75) is 46.4 Å². The number of hydrogen-bond donors (Lipinski definition) is 1. The van der Waals surface area contributed by atoms with Crippen LogP contribution in [-0.2, 0) is 10.0 Å². The summed E-state index contributed by atoms with van der Waals surface area (Å²) in [7, 11) is -3.68. The summed E-state index contributed by atoms with van der Waals surface area (Å²) in [4.78, 5) is 18.0. The van der Waals surface area contributed by atoms with Crippen LogP contribution < -0.4 is 10.1 Å². The van der Waals surface area contributed by atoms with Crippen LogP contribution >= 0.6 is 11.3 Å². The van der Waals surface area contributed by atoms with E-state index in [9.17, 15) is 13.2 Å². The zero-order valence-electron chi connectivity index (χ0n) is 23.1. The second kappa shape index (κ2) is 11.8. The largest absolute Gasteiger partial charge is 0.492 e. The first-order valence-corrected chi connectivity index (χ1v) is 15.3. The Hall–Kier alpha value is -3.28. The molecule has 39 heavy (non-hydrogen) atoms. The van der Waals surface area contributed by atoms with Crippen molar-refractivity contribution in [2.24, 2.45) is 11.8 Å². The van der Waals surface area contributed by atoms with Crippen LogP contribution in [0.5, 0.6) is 5.75 Å².